The number of aryl methyl sites for hydroxylation is 2. The number of nitrogens with one attached hydrogen (secondary N) is 1. The molecule has 28 heavy (non-hydrogen) atoms. The Kier molecular flexibility index (Phi) is 5.08. The molecule has 0 aliphatic carbocycles. The monoisotopic (exact) mass is 384 g/mol. The molecule has 0 spiro atoms. The van der Waals surface area contributed by atoms with E-state index in [0.717, 1.165) is 21.8 Å². The molecule has 0 saturated carbocycles. The lowest BCUT2D eigenvalue weighted by Crippen LogP contribution is -2.18. The SMILES string of the molecule is Cc1ccc(N=C2N=C(c3ccc(S)cc3)N=C2Nc2ccc(C)cc2)cc1. The first kappa shape index (κ1) is 18.2. The van der Waals surface area contributed by atoms with Crippen LogP contribution in [0.4, 0.5) is 11.4 Å². The van der Waals surface area contributed by atoms with Gasteiger partial charge in [-0.2, -0.15) is 0 Å². The van der Waals surface area contributed by atoms with Gasteiger partial charge in [0.05, 0.1) is 5.69 Å². The number of amidine groups is 3. The van der Waals surface area contributed by atoms with Gasteiger partial charge in [-0.1, -0.05) is 47.5 Å². The number of hydrogen-bond acceptors (Lipinski definition) is 4. The number of anilines is 1. The van der Waals surface area contributed by atoms with E-state index in [1.807, 2.05) is 60.7 Å². The maximum Gasteiger partial charge on any atom is 0.198 e. The average molecular weight is 385 g/mol. The molecule has 4 nitrogen and oxygen atoms in total. The van der Waals surface area contributed by atoms with Crippen molar-refractivity contribution >= 4 is 41.5 Å². The van der Waals surface area contributed by atoms with Crippen LogP contribution in [-0.4, -0.2) is 17.5 Å². The molecule has 1 aliphatic rings. The molecule has 1 N–H and O–H groups in total. The minimum Gasteiger partial charge on any atom is -0.337 e. The molecular formula is C23H20N4S. The van der Waals surface area contributed by atoms with E-state index in [1.54, 1.807) is 0 Å². The second-order valence-electron chi connectivity index (χ2n) is 6.70. The average Bonchev–Trinajstić information content (AvgIpc) is 3.08. The Morgan fingerprint density at radius 3 is 2.00 bits per heavy atom. The van der Waals surface area contributed by atoms with Crippen LogP contribution in [0.2, 0.25) is 0 Å². The standard InChI is InChI=1S/C23H20N4S/c1-15-3-9-18(10-4-15)24-22-23(25-19-11-5-16(2)6-12-19)27-21(26-22)17-7-13-20(28)14-8-17/h3-14,28H,1-2H3,(H,24,25,26,27). The van der Waals surface area contributed by atoms with Crippen LogP contribution in [0.15, 0.2) is 92.7 Å². The highest BCUT2D eigenvalue weighted by molar-refractivity contribution is 7.80. The highest BCUT2D eigenvalue weighted by Gasteiger charge is 2.20. The largest absolute Gasteiger partial charge is 0.337 e. The van der Waals surface area contributed by atoms with Gasteiger partial charge in [0.25, 0.3) is 0 Å². The molecule has 0 bridgehead atoms. The lowest BCUT2D eigenvalue weighted by molar-refractivity contribution is 1.42. The van der Waals surface area contributed by atoms with E-state index >= 15 is 0 Å². The number of hydrogen-bond donors (Lipinski definition) is 2. The summed E-state index contributed by atoms with van der Waals surface area (Å²) < 4.78 is 0. The Morgan fingerprint density at radius 1 is 0.750 bits per heavy atom. The van der Waals surface area contributed by atoms with Crippen LogP contribution in [-0.2, 0) is 0 Å². The van der Waals surface area contributed by atoms with Gasteiger partial charge in [0.15, 0.2) is 17.5 Å². The maximum atomic E-state index is 4.71. The van der Waals surface area contributed by atoms with Crippen LogP contribution < -0.4 is 5.32 Å². The van der Waals surface area contributed by atoms with Crippen molar-refractivity contribution in [1.29, 1.82) is 0 Å². The van der Waals surface area contributed by atoms with Crippen LogP contribution in [0.5, 0.6) is 0 Å². The molecule has 1 aliphatic heterocycles. The number of nitrogens with zero attached hydrogens (tertiary/aromatic N) is 3. The smallest absolute Gasteiger partial charge is 0.198 e. The molecule has 0 unspecified atom stereocenters. The summed E-state index contributed by atoms with van der Waals surface area (Å²) >= 11 is 4.35. The van der Waals surface area contributed by atoms with Crippen molar-refractivity contribution in [2.45, 2.75) is 18.7 Å². The molecule has 0 saturated heterocycles. The van der Waals surface area contributed by atoms with Crippen LogP contribution >= 0.6 is 12.6 Å². The van der Waals surface area contributed by atoms with Crippen molar-refractivity contribution in [3.05, 3.63) is 89.5 Å². The van der Waals surface area contributed by atoms with E-state index in [9.17, 15) is 0 Å². The zero-order valence-corrected chi connectivity index (χ0v) is 16.6. The van der Waals surface area contributed by atoms with Gasteiger partial charge >= 0.3 is 0 Å². The topological polar surface area (TPSA) is 49.1 Å². The maximum absolute atomic E-state index is 4.71. The first-order chi connectivity index (χ1) is 13.6. The number of rotatable bonds is 3. The molecular weight excluding hydrogens is 364 g/mol. The molecule has 0 atom stereocenters. The van der Waals surface area contributed by atoms with Gasteiger partial charge in [-0.15, -0.1) is 12.6 Å². The zero-order chi connectivity index (χ0) is 19.5. The second-order valence-corrected chi connectivity index (χ2v) is 7.22. The normalized spacial score (nSPS) is 14.8. The molecule has 0 aromatic heterocycles. The van der Waals surface area contributed by atoms with Crippen LogP contribution in [0.3, 0.4) is 0 Å². The molecule has 0 fully saturated rings. The van der Waals surface area contributed by atoms with Gasteiger partial charge in [-0.05, 0) is 50.2 Å². The van der Waals surface area contributed by atoms with E-state index < -0.39 is 0 Å². The van der Waals surface area contributed by atoms with Crippen molar-refractivity contribution in [2.75, 3.05) is 5.32 Å². The summed E-state index contributed by atoms with van der Waals surface area (Å²) in [6.45, 7) is 4.12. The molecule has 3 aromatic rings. The Balaban J connectivity index is 1.71. The second kappa shape index (κ2) is 7.82. The summed E-state index contributed by atoms with van der Waals surface area (Å²) in [6, 6.07) is 24.0. The Bertz CT molecular complexity index is 1080. The van der Waals surface area contributed by atoms with E-state index in [1.165, 1.54) is 11.1 Å². The third kappa shape index (κ3) is 4.21. The van der Waals surface area contributed by atoms with Gasteiger partial charge in [0.2, 0.25) is 0 Å². The van der Waals surface area contributed by atoms with Crippen LogP contribution in [0, 0.1) is 13.8 Å². The van der Waals surface area contributed by atoms with Crippen molar-refractivity contribution < 1.29 is 0 Å². The number of benzene rings is 3. The lowest BCUT2D eigenvalue weighted by atomic mass is 10.2. The molecule has 3 aromatic carbocycles. The Morgan fingerprint density at radius 2 is 1.36 bits per heavy atom. The Labute approximate surface area is 170 Å². The van der Waals surface area contributed by atoms with Crippen molar-refractivity contribution in [2.24, 2.45) is 15.0 Å². The van der Waals surface area contributed by atoms with Gasteiger partial charge in [0.1, 0.15) is 0 Å². The van der Waals surface area contributed by atoms with Crippen LogP contribution in [0.1, 0.15) is 16.7 Å². The van der Waals surface area contributed by atoms with E-state index in [2.05, 4.69) is 48.9 Å². The predicted molar refractivity (Wildman–Crippen MR) is 121 cm³/mol. The molecule has 0 radical (unpaired) electrons. The van der Waals surface area contributed by atoms with Gasteiger partial charge < -0.3 is 5.32 Å². The van der Waals surface area contributed by atoms with Gasteiger partial charge in [0, 0.05) is 16.1 Å². The molecule has 0 amide bonds. The van der Waals surface area contributed by atoms with E-state index in [4.69, 9.17) is 9.98 Å². The quantitative estimate of drug-likeness (QED) is 0.568. The lowest BCUT2D eigenvalue weighted by Gasteiger charge is -2.06. The fourth-order valence-electron chi connectivity index (χ4n) is 2.75. The zero-order valence-electron chi connectivity index (χ0n) is 15.7. The van der Waals surface area contributed by atoms with E-state index in [0.29, 0.717) is 17.5 Å². The van der Waals surface area contributed by atoms with Crippen molar-refractivity contribution in [3.8, 4) is 0 Å². The van der Waals surface area contributed by atoms with Crippen LogP contribution in [0.25, 0.3) is 0 Å². The summed E-state index contributed by atoms with van der Waals surface area (Å²) in [5.41, 5.74) is 5.11. The third-order valence-corrected chi connectivity index (χ3v) is 4.65. The van der Waals surface area contributed by atoms with Crippen molar-refractivity contribution in [1.82, 2.24) is 0 Å². The summed E-state index contributed by atoms with van der Waals surface area (Å²) in [5, 5.41) is 3.35. The predicted octanol–water partition coefficient (Wildman–Crippen LogP) is 5.59. The first-order valence-corrected chi connectivity index (χ1v) is 9.48. The molecule has 5 heteroatoms. The summed E-state index contributed by atoms with van der Waals surface area (Å²) in [5.74, 6) is 1.83. The minimum atomic E-state index is 0.564. The van der Waals surface area contributed by atoms with Crippen molar-refractivity contribution in [3.63, 3.8) is 0 Å². The molecule has 4 rings (SSSR count). The third-order valence-electron chi connectivity index (χ3n) is 4.35. The minimum absolute atomic E-state index is 0.564. The number of thiol groups is 1. The van der Waals surface area contributed by atoms with Gasteiger partial charge in [-0.25, -0.2) is 15.0 Å². The first-order valence-electron chi connectivity index (χ1n) is 9.03. The summed E-state index contributed by atoms with van der Waals surface area (Å²) in [7, 11) is 0. The summed E-state index contributed by atoms with van der Waals surface area (Å²) in [4.78, 5) is 15.0. The van der Waals surface area contributed by atoms with Gasteiger partial charge in [-0.3, -0.25) is 0 Å². The fraction of sp³-hybridized carbons (Fsp3) is 0.0870. The summed E-state index contributed by atoms with van der Waals surface area (Å²) in [6.07, 6.45) is 0. The molecule has 138 valence electrons. The number of aliphatic imine (C=N–C) groups is 3. The highest BCUT2D eigenvalue weighted by atomic mass is 32.1. The molecule has 1 heterocycles. The van der Waals surface area contributed by atoms with E-state index in [-0.39, 0.29) is 0 Å². The Hall–Kier alpha value is -3.18. The fourth-order valence-corrected chi connectivity index (χ4v) is 2.90. The highest BCUT2D eigenvalue weighted by Crippen LogP contribution is 2.19.